The fourth-order valence-electron chi connectivity index (χ4n) is 1.75. The molecule has 0 aliphatic rings. The lowest BCUT2D eigenvalue weighted by atomic mass is 9.95. The minimum atomic E-state index is -0.151. The molecule has 0 aromatic carbocycles. The van der Waals surface area contributed by atoms with Crippen molar-refractivity contribution in [1.29, 1.82) is 0 Å². The number of aromatic amines is 1. The van der Waals surface area contributed by atoms with Gasteiger partial charge in [0.2, 0.25) is 0 Å². The van der Waals surface area contributed by atoms with Gasteiger partial charge >= 0.3 is 0 Å². The van der Waals surface area contributed by atoms with E-state index in [-0.39, 0.29) is 11.5 Å². The molecule has 2 heterocycles. The van der Waals surface area contributed by atoms with Crippen LogP contribution in [-0.2, 0) is 5.41 Å². The van der Waals surface area contributed by atoms with Crippen LogP contribution in [0.5, 0.6) is 0 Å². The second-order valence-corrected chi connectivity index (χ2v) is 6.26. The Morgan fingerprint density at radius 1 is 1.30 bits per heavy atom. The van der Waals surface area contributed by atoms with E-state index in [1.165, 1.54) is 0 Å². The molecule has 0 spiro atoms. The van der Waals surface area contributed by atoms with E-state index >= 15 is 0 Å². The predicted molar refractivity (Wildman–Crippen MR) is 81.1 cm³/mol. The summed E-state index contributed by atoms with van der Waals surface area (Å²) in [7, 11) is 0. The molecule has 6 heteroatoms. The SMILES string of the molecule is Cc1c(Cl)nc(C(C)(C)C)nc1NC(C)c1ncc[nH]1. The molecule has 2 aromatic rings. The number of hydrogen-bond donors (Lipinski definition) is 2. The average molecular weight is 294 g/mol. The van der Waals surface area contributed by atoms with E-state index in [0.29, 0.717) is 5.15 Å². The van der Waals surface area contributed by atoms with Crippen LogP contribution in [0.25, 0.3) is 0 Å². The van der Waals surface area contributed by atoms with Gasteiger partial charge in [-0.1, -0.05) is 32.4 Å². The van der Waals surface area contributed by atoms with Gasteiger partial charge in [-0.15, -0.1) is 0 Å². The van der Waals surface area contributed by atoms with Crippen LogP contribution in [0, 0.1) is 6.92 Å². The normalized spacial score (nSPS) is 13.3. The number of halogens is 1. The second-order valence-electron chi connectivity index (χ2n) is 5.90. The smallest absolute Gasteiger partial charge is 0.137 e. The Kier molecular flexibility index (Phi) is 3.99. The Morgan fingerprint density at radius 3 is 2.55 bits per heavy atom. The summed E-state index contributed by atoms with van der Waals surface area (Å²) in [5.74, 6) is 2.33. The van der Waals surface area contributed by atoms with Crippen LogP contribution in [0.1, 0.15) is 50.9 Å². The molecule has 0 fully saturated rings. The molecular formula is C14H20ClN5. The van der Waals surface area contributed by atoms with E-state index in [1.54, 1.807) is 12.4 Å². The number of aromatic nitrogens is 4. The number of nitrogens with one attached hydrogen (secondary N) is 2. The van der Waals surface area contributed by atoms with Gasteiger partial charge in [-0.05, 0) is 13.8 Å². The summed E-state index contributed by atoms with van der Waals surface area (Å²) in [5, 5.41) is 3.82. The molecule has 0 amide bonds. The van der Waals surface area contributed by atoms with Gasteiger partial charge < -0.3 is 10.3 Å². The molecule has 0 bridgehead atoms. The van der Waals surface area contributed by atoms with E-state index in [2.05, 4.69) is 46.0 Å². The van der Waals surface area contributed by atoms with Crippen molar-refractivity contribution in [1.82, 2.24) is 19.9 Å². The zero-order valence-corrected chi connectivity index (χ0v) is 13.2. The first-order valence-electron chi connectivity index (χ1n) is 6.59. The van der Waals surface area contributed by atoms with Gasteiger partial charge in [-0.2, -0.15) is 0 Å². The summed E-state index contributed by atoms with van der Waals surface area (Å²) in [6.45, 7) is 10.1. The van der Waals surface area contributed by atoms with Gasteiger partial charge in [0.25, 0.3) is 0 Å². The average Bonchev–Trinajstić information content (AvgIpc) is 2.87. The highest BCUT2D eigenvalue weighted by molar-refractivity contribution is 6.30. The van der Waals surface area contributed by atoms with Crippen LogP contribution in [-0.4, -0.2) is 19.9 Å². The maximum atomic E-state index is 6.22. The number of nitrogens with zero attached hydrogens (tertiary/aromatic N) is 3. The van der Waals surface area contributed by atoms with Gasteiger partial charge in [-0.3, -0.25) is 0 Å². The largest absolute Gasteiger partial charge is 0.360 e. The molecule has 1 atom stereocenters. The van der Waals surface area contributed by atoms with Gasteiger partial charge in [0.1, 0.15) is 22.6 Å². The van der Waals surface area contributed by atoms with Gasteiger partial charge in [0.05, 0.1) is 6.04 Å². The number of imidazole rings is 1. The van der Waals surface area contributed by atoms with Crippen LogP contribution >= 0.6 is 11.6 Å². The van der Waals surface area contributed by atoms with E-state index in [1.807, 2.05) is 13.8 Å². The summed E-state index contributed by atoms with van der Waals surface area (Å²) >= 11 is 6.22. The van der Waals surface area contributed by atoms with Crippen LogP contribution < -0.4 is 5.32 Å². The molecule has 0 radical (unpaired) electrons. The second kappa shape index (κ2) is 5.40. The Bertz CT molecular complexity index is 586. The Labute approximate surface area is 124 Å². The number of H-pyrrole nitrogens is 1. The fraction of sp³-hybridized carbons (Fsp3) is 0.500. The highest BCUT2D eigenvalue weighted by Gasteiger charge is 2.21. The maximum Gasteiger partial charge on any atom is 0.137 e. The van der Waals surface area contributed by atoms with E-state index in [0.717, 1.165) is 23.0 Å². The molecule has 0 aliphatic heterocycles. The van der Waals surface area contributed by atoms with Crippen LogP contribution in [0.2, 0.25) is 5.15 Å². The van der Waals surface area contributed by atoms with Crippen molar-refractivity contribution in [2.75, 3.05) is 5.32 Å². The summed E-state index contributed by atoms with van der Waals surface area (Å²) < 4.78 is 0. The van der Waals surface area contributed by atoms with E-state index in [9.17, 15) is 0 Å². The van der Waals surface area contributed by atoms with Gasteiger partial charge in [0.15, 0.2) is 0 Å². The van der Waals surface area contributed by atoms with Crippen molar-refractivity contribution >= 4 is 17.4 Å². The zero-order valence-electron chi connectivity index (χ0n) is 12.5. The quantitative estimate of drug-likeness (QED) is 0.848. The summed E-state index contributed by atoms with van der Waals surface area (Å²) in [6, 6.07) is 0.0162. The Balaban J connectivity index is 2.34. The molecule has 0 saturated carbocycles. The number of hydrogen-bond acceptors (Lipinski definition) is 4. The summed E-state index contributed by atoms with van der Waals surface area (Å²) in [4.78, 5) is 16.3. The minimum absolute atomic E-state index is 0.0162. The lowest BCUT2D eigenvalue weighted by Gasteiger charge is -2.21. The van der Waals surface area contributed by atoms with Crippen molar-refractivity contribution < 1.29 is 0 Å². The predicted octanol–water partition coefficient (Wildman–Crippen LogP) is 3.63. The molecule has 0 aliphatic carbocycles. The Hall–Kier alpha value is -1.62. The van der Waals surface area contributed by atoms with Crippen molar-refractivity contribution in [3.8, 4) is 0 Å². The van der Waals surface area contributed by atoms with Gasteiger partial charge in [0, 0.05) is 23.4 Å². The maximum absolute atomic E-state index is 6.22. The lowest BCUT2D eigenvalue weighted by molar-refractivity contribution is 0.544. The van der Waals surface area contributed by atoms with E-state index in [4.69, 9.17) is 11.6 Å². The molecule has 2 rings (SSSR count). The van der Waals surface area contributed by atoms with Crippen LogP contribution in [0.4, 0.5) is 5.82 Å². The monoisotopic (exact) mass is 293 g/mol. The fourth-order valence-corrected chi connectivity index (χ4v) is 1.92. The third kappa shape index (κ3) is 3.10. The molecule has 108 valence electrons. The summed E-state index contributed by atoms with van der Waals surface area (Å²) in [6.07, 6.45) is 3.53. The molecular weight excluding hydrogens is 274 g/mol. The topological polar surface area (TPSA) is 66.5 Å². The molecule has 2 aromatic heterocycles. The molecule has 0 saturated heterocycles. The Morgan fingerprint density at radius 2 is 2.00 bits per heavy atom. The molecule has 2 N–H and O–H groups in total. The van der Waals surface area contributed by atoms with Gasteiger partial charge in [-0.25, -0.2) is 15.0 Å². The first kappa shape index (κ1) is 14.8. The van der Waals surface area contributed by atoms with Crippen molar-refractivity contribution in [2.24, 2.45) is 0 Å². The molecule has 1 unspecified atom stereocenters. The molecule has 20 heavy (non-hydrogen) atoms. The first-order chi connectivity index (χ1) is 9.29. The number of rotatable bonds is 3. The molecule has 5 nitrogen and oxygen atoms in total. The minimum Gasteiger partial charge on any atom is -0.360 e. The first-order valence-corrected chi connectivity index (χ1v) is 6.97. The third-order valence-corrected chi connectivity index (χ3v) is 3.41. The van der Waals surface area contributed by atoms with Crippen molar-refractivity contribution in [2.45, 2.75) is 46.1 Å². The van der Waals surface area contributed by atoms with Crippen LogP contribution in [0.3, 0.4) is 0 Å². The van der Waals surface area contributed by atoms with Crippen molar-refractivity contribution in [3.05, 3.63) is 34.8 Å². The lowest BCUT2D eigenvalue weighted by Crippen LogP contribution is -2.19. The summed E-state index contributed by atoms with van der Waals surface area (Å²) in [5.41, 5.74) is 0.694. The third-order valence-electron chi connectivity index (χ3n) is 3.04. The van der Waals surface area contributed by atoms with Crippen molar-refractivity contribution in [3.63, 3.8) is 0 Å². The zero-order chi connectivity index (χ0) is 14.9. The highest BCUT2D eigenvalue weighted by atomic mass is 35.5. The van der Waals surface area contributed by atoms with Crippen LogP contribution in [0.15, 0.2) is 12.4 Å². The number of anilines is 1. The van der Waals surface area contributed by atoms with E-state index < -0.39 is 0 Å². The standard InChI is InChI=1S/C14H20ClN5/c1-8-10(15)19-13(14(3,4)5)20-11(8)18-9(2)12-16-6-7-17-12/h6-7,9H,1-5H3,(H,16,17)(H,18,19,20). The highest BCUT2D eigenvalue weighted by Crippen LogP contribution is 2.27.